The number of hydrogen-bond donors (Lipinski definition) is 1. The van der Waals surface area contributed by atoms with Crippen LogP contribution in [0, 0.1) is 6.92 Å². The fraction of sp³-hybridized carbons (Fsp3) is 0.222. The van der Waals surface area contributed by atoms with Crippen molar-refractivity contribution >= 4 is 40.9 Å². The average molecular weight is 363 g/mol. The molecule has 0 saturated heterocycles. The monoisotopic (exact) mass is 362 g/mol. The summed E-state index contributed by atoms with van der Waals surface area (Å²) in [5.41, 5.74) is 2.17. The van der Waals surface area contributed by atoms with Gasteiger partial charge in [-0.05, 0) is 37.3 Å². The molecule has 0 heterocycles. The fourth-order valence-corrected chi connectivity index (χ4v) is 2.95. The van der Waals surface area contributed by atoms with E-state index >= 15 is 0 Å². The molecule has 0 aliphatic carbocycles. The van der Waals surface area contributed by atoms with Gasteiger partial charge in [0.2, 0.25) is 5.91 Å². The minimum Gasteiger partial charge on any atom is -0.345 e. The number of aryl methyl sites for hydroxylation is 1. The standard InChI is InChI=1S/C18H19ClN2O2S/c1-12-4-7-14(8-5-12)24-11-17(22)20-13-6-9-15(16(19)10-13)18(23)21(2)3/h4-10H,11H2,1-3H3,(H,20,22). The summed E-state index contributed by atoms with van der Waals surface area (Å²) in [7, 11) is 3.33. The lowest BCUT2D eigenvalue weighted by atomic mass is 10.2. The molecule has 0 fully saturated rings. The Morgan fingerprint density at radius 1 is 1.12 bits per heavy atom. The number of amides is 2. The van der Waals surface area contributed by atoms with Gasteiger partial charge in [0.25, 0.3) is 5.91 Å². The fourth-order valence-electron chi connectivity index (χ4n) is 1.99. The van der Waals surface area contributed by atoms with Crippen LogP contribution in [0.25, 0.3) is 0 Å². The maximum Gasteiger partial charge on any atom is 0.254 e. The van der Waals surface area contributed by atoms with Crippen molar-refractivity contribution in [1.29, 1.82) is 0 Å². The van der Waals surface area contributed by atoms with Gasteiger partial charge in [-0.3, -0.25) is 9.59 Å². The van der Waals surface area contributed by atoms with E-state index < -0.39 is 0 Å². The first-order valence-electron chi connectivity index (χ1n) is 7.37. The Bertz CT molecular complexity index is 745. The van der Waals surface area contributed by atoms with Crippen molar-refractivity contribution in [3.05, 3.63) is 58.6 Å². The predicted molar refractivity (Wildman–Crippen MR) is 100 cm³/mol. The average Bonchev–Trinajstić information content (AvgIpc) is 2.54. The summed E-state index contributed by atoms with van der Waals surface area (Å²) in [6.07, 6.45) is 0. The van der Waals surface area contributed by atoms with E-state index in [4.69, 9.17) is 11.6 Å². The Labute approximate surface area is 151 Å². The van der Waals surface area contributed by atoms with Crippen LogP contribution in [0.1, 0.15) is 15.9 Å². The maximum atomic E-state index is 12.0. The number of carbonyl (C=O) groups excluding carboxylic acids is 2. The lowest BCUT2D eigenvalue weighted by Crippen LogP contribution is -2.22. The number of thioether (sulfide) groups is 1. The van der Waals surface area contributed by atoms with Gasteiger partial charge >= 0.3 is 0 Å². The second kappa shape index (κ2) is 8.22. The predicted octanol–water partition coefficient (Wildman–Crippen LogP) is 4.08. The van der Waals surface area contributed by atoms with Crippen LogP contribution in [0.15, 0.2) is 47.4 Å². The Kier molecular flexibility index (Phi) is 6.29. The molecule has 0 atom stereocenters. The van der Waals surface area contributed by atoms with Gasteiger partial charge in [0.05, 0.1) is 16.3 Å². The molecule has 2 aromatic carbocycles. The van der Waals surface area contributed by atoms with Crippen molar-refractivity contribution in [2.24, 2.45) is 0 Å². The molecule has 2 amide bonds. The van der Waals surface area contributed by atoms with E-state index in [1.807, 2.05) is 31.2 Å². The topological polar surface area (TPSA) is 49.4 Å². The number of benzene rings is 2. The van der Waals surface area contributed by atoms with Crippen molar-refractivity contribution in [3.8, 4) is 0 Å². The number of halogens is 1. The van der Waals surface area contributed by atoms with Crippen molar-refractivity contribution in [2.75, 3.05) is 25.2 Å². The number of anilines is 1. The lowest BCUT2D eigenvalue weighted by Gasteiger charge is -2.12. The molecule has 0 aliphatic heterocycles. The molecular formula is C18H19ClN2O2S. The van der Waals surface area contributed by atoms with Gasteiger partial charge in [-0.1, -0.05) is 29.3 Å². The van der Waals surface area contributed by atoms with E-state index in [9.17, 15) is 9.59 Å². The van der Waals surface area contributed by atoms with Crippen LogP contribution in [0.3, 0.4) is 0 Å². The number of hydrogen-bond acceptors (Lipinski definition) is 3. The van der Waals surface area contributed by atoms with E-state index in [1.54, 1.807) is 32.3 Å². The second-order valence-electron chi connectivity index (χ2n) is 5.54. The molecule has 2 aromatic rings. The summed E-state index contributed by atoms with van der Waals surface area (Å²) in [6.45, 7) is 2.02. The molecule has 4 nitrogen and oxygen atoms in total. The molecule has 126 valence electrons. The highest BCUT2D eigenvalue weighted by atomic mass is 35.5. The molecule has 0 bridgehead atoms. The number of rotatable bonds is 5. The van der Waals surface area contributed by atoms with Crippen molar-refractivity contribution < 1.29 is 9.59 Å². The Balaban J connectivity index is 1.95. The van der Waals surface area contributed by atoms with Crippen LogP contribution in [0.5, 0.6) is 0 Å². The minimum atomic E-state index is -0.173. The van der Waals surface area contributed by atoms with Gasteiger partial charge in [0, 0.05) is 24.7 Å². The smallest absolute Gasteiger partial charge is 0.254 e. The van der Waals surface area contributed by atoms with Crippen LogP contribution >= 0.6 is 23.4 Å². The zero-order valence-corrected chi connectivity index (χ0v) is 15.4. The van der Waals surface area contributed by atoms with Crippen molar-refractivity contribution in [3.63, 3.8) is 0 Å². The zero-order valence-electron chi connectivity index (χ0n) is 13.8. The van der Waals surface area contributed by atoms with Gasteiger partial charge in [0.1, 0.15) is 0 Å². The van der Waals surface area contributed by atoms with Gasteiger partial charge in [0.15, 0.2) is 0 Å². The van der Waals surface area contributed by atoms with E-state index in [-0.39, 0.29) is 11.8 Å². The van der Waals surface area contributed by atoms with E-state index in [0.717, 1.165) is 4.90 Å². The molecule has 0 aromatic heterocycles. The number of nitrogens with one attached hydrogen (secondary N) is 1. The van der Waals surface area contributed by atoms with Crippen LogP contribution in [0.4, 0.5) is 5.69 Å². The Hall–Kier alpha value is -1.98. The Morgan fingerprint density at radius 3 is 2.38 bits per heavy atom. The summed E-state index contributed by atoms with van der Waals surface area (Å²) in [4.78, 5) is 26.5. The quantitative estimate of drug-likeness (QED) is 0.815. The first-order valence-corrected chi connectivity index (χ1v) is 8.73. The molecule has 6 heteroatoms. The molecule has 0 radical (unpaired) electrons. The summed E-state index contributed by atoms with van der Waals surface area (Å²) in [5.74, 6) is 0.00937. The van der Waals surface area contributed by atoms with Gasteiger partial charge in [-0.15, -0.1) is 11.8 Å². The number of nitrogens with zero attached hydrogens (tertiary/aromatic N) is 1. The summed E-state index contributed by atoms with van der Waals surface area (Å²) >= 11 is 7.60. The molecule has 0 spiro atoms. The molecule has 0 aliphatic rings. The largest absolute Gasteiger partial charge is 0.345 e. The molecule has 2 rings (SSSR count). The van der Waals surface area contributed by atoms with Crippen molar-refractivity contribution in [1.82, 2.24) is 4.90 Å². The van der Waals surface area contributed by atoms with E-state index in [2.05, 4.69) is 5.32 Å². The molecule has 24 heavy (non-hydrogen) atoms. The molecular weight excluding hydrogens is 344 g/mol. The van der Waals surface area contributed by atoms with Crippen LogP contribution in [-0.2, 0) is 4.79 Å². The molecule has 1 N–H and O–H groups in total. The number of carbonyl (C=O) groups is 2. The van der Waals surface area contributed by atoms with E-state index in [0.29, 0.717) is 22.0 Å². The molecule has 0 unspecified atom stereocenters. The van der Waals surface area contributed by atoms with Gasteiger partial charge in [-0.25, -0.2) is 0 Å². The highest BCUT2D eigenvalue weighted by Gasteiger charge is 2.13. The van der Waals surface area contributed by atoms with Crippen LogP contribution < -0.4 is 5.32 Å². The SMILES string of the molecule is Cc1ccc(SCC(=O)Nc2ccc(C(=O)N(C)C)c(Cl)c2)cc1. The molecule has 0 saturated carbocycles. The van der Waals surface area contributed by atoms with Gasteiger partial charge < -0.3 is 10.2 Å². The third kappa shape index (κ3) is 5.01. The Morgan fingerprint density at radius 2 is 1.79 bits per heavy atom. The third-order valence-corrected chi connectivity index (χ3v) is 4.61. The highest BCUT2D eigenvalue weighted by molar-refractivity contribution is 8.00. The summed E-state index contributed by atoms with van der Waals surface area (Å²) in [6, 6.07) is 12.9. The first-order chi connectivity index (χ1) is 11.4. The third-order valence-electron chi connectivity index (χ3n) is 3.28. The normalized spacial score (nSPS) is 10.3. The van der Waals surface area contributed by atoms with Crippen LogP contribution in [-0.4, -0.2) is 36.6 Å². The summed E-state index contributed by atoms with van der Waals surface area (Å²) in [5, 5.41) is 3.11. The maximum absolute atomic E-state index is 12.0. The zero-order chi connectivity index (χ0) is 17.7. The first kappa shape index (κ1) is 18.4. The van der Waals surface area contributed by atoms with Gasteiger partial charge in [-0.2, -0.15) is 0 Å². The summed E-state index contributed by atoms with van der Waals surface area (Å²) < 4.78 is 0. The van der Waals surface area contributed by atoms with Crippen LogP contribution in [0.2, 0.25) is 5.02 Å². The van der Waals surface area contributed by atoms with Crippen molar-refractivity contribution in [2.45, 2.75) is 11.8 Å². The lowest BCUT2D eigenvalue weighted by molar-refractivity contribution is -0.113. The van der Waals surface area contributed by atoms with E-state index in [1.165, 1.54) is 22.2 Å². The minimum absolute atomic E-state index is 0.122. The highest BCUT2D eigenvalue weighted by Crippen LogP contribution is 2.23. The second-order valence-corrected chi connectivity index (χ2v) is 7.00.